The van der Waals surface area contributed by atoms with Gasteiger partial charge in [-0.2, -0.15) is 0 Å². The SMILES string of the molecule is CCc1ccc(N2CC3(CC3)C2)cc1N. The molecule has 80 valence electrons. The quantitative estimate of drug-likeness (QED) is 0.746. The van der Waals surface area contributed by atoms with Gasteiger partial charge in [-0.25, -0.2) is 0 Å². The van der Waals surface area contributed by atoms with E-state index >= 15 is 0 Å². The molecule has 0 amide bonds. The van der Waals surface area contributed by atoms with Crippen LogP contribution in [-0.2, 0) is 6.42 Å². The molecule has 1 aliphatic heterocycles. The van der Waals surface area contributed by atoms with Crippen LogP contribution in [-0.4, -0.2) is 13.1 Å². The van der Waals surface area contributed by atoms with Gasteiger partial charge < -0.3 is 10.6 Å². The fourth-order valence-electron chi connectivity index (χ4n) is 2.54. The molecular formula is C13H18N2. The van der Waals surface area contributed by atoms with Gasteiger partial charge in [0, 0.05) is 29.9 Å². The third-order valence-corrected chi connectivity index (χ3v) is 3.89. The summed E-state index contributed by atoms with van der Waals surface area (Å²) in [6.07, 6.45) is 3.90. The van der Waals surface area contributed by atoms with Crippen molar-refractivity contribution in [2.75, 3.05) is 23.7 Å². The monoisotopic (exact) mass is 202 g/mol. The topological polar surface area (TPSA) is 29.3 Å². The maximum Gasteiger partial charge on any atom is 0.0387 e. The lowest BCUT2D eigenvalue weighted by atomic mass is 9.95. The van der Waals surface area contributed by atoms with Crippen molar-refractivity contribution in [3.63, 3.8) is 0 Å². The highest BCUT2D eigenvalue weighted by Crippen LogP contribution is 2.53. The normalized spacial score (nSPS) is 21.5. The molecule has 1 spiro atoms. The molecule has 1 saturated carbocycles. The van der Waals surface area contributed by atoms with E-state index in [0.29, 0.717) is 0 Å². The molecule has 0 atom stereocenters. The van der Waals surface area contributed by atoms with Crippen molar-refractivity contribution in [2.24, 2.45) is 5.41 Å². The van der Waals surface area contributed by atoms with Crippen molar-refractivity contribution in [1.82, 2.24) is 0 Å². The zero-order valence-corrected chi connectivity index (χ0v) is 9.29. The van der Waals surface area contributed by atoms with E-state index in [1.807, 2.05) is 0 Å². The average molecular weight is 202 g/mol. The highest BCUT2D eigenvalue weighted by molar-refractivity contribution is 5.61. The molecule has 0 radical (unpaired) electrons. The van der Waals surface area contributed by atoms with Crippen molar-refractivity contribution in [3.05, 3.63) is 23.8 Å². The summed E-state index contributed by atoms with van der Waals surface area (Å²) in [5.74, 6) is 0. The minimum absolute atomic E-state index is 0.720. The van der Waals surface area contributed by atoms with E-state index in [1.165, 1.54) is 37.2 Å². The number of nitrogens with two attached hydrogens (primary N) is 1. The number of aryl methyl sites for hydroxylation is 1. The van der Waals surface area contributed by atoms with Crippen LogP contribution in [0.5, 0.6) is 0 Å². The van der Waals surface area contributed by atoms with Crippen LogP contribution in [0.1, 0.15) is 25.3 Å². The Hall–Kier alpha value is -1.18. The lowest BCUT2D eigenvalue weighted by Crippen LogP contribution is -2.48. The molecule has 2 aliphatic rings. The molecule has 2 N–H and O–H groups in total. The Bertz CT molecular complexity index is 386. The molecule has 15 heavy (non-hydrogen) atoms. The Morgan fingerprint density at radius 2 is 2.07 bits per heavy atom. The van der Waals surface area contributed by atoms with Crippen molar-refractivity contribution in [2.45, 2.75) is 26.2 Å². The molecule has 1 aliphatic carbocycles. The van der Waals surface area contributed by atoms with E-state index in [9.17, 15) is 0 Å². The first kappa shape index (κ1) is 9.08. The van der Waals surface area contributed by atoms with E-state index in [4.69, 9.17) is 5.73 Å². The van der Waals surface area contributed by atoms with Crippen molar-refractivity contribution >= 4 is 11.4 Å². The van der Waals surface area contributed by atoms with Gasteiger partial charge in [0.05, 0.1) is 0 Å². The number of nitrogens with zero attached hydrogens (tertiary/aromatic N) is 1. The Morgan fingerprint density at radius 1 is 1.33 bits per heavy atom. The van der Waals surface area contributed by atoms with Crippen molar-refractivity contribution in [1.29, 1.82) is 0 Å². The summed E-state index contributed by atoms with van der Waals surface area (Å²) in [5, 5.41) is 0. The Morgan fingerprint density at radius 3 is 2.60 bits per heavy atom. The smallest absolute Gasteiger partial charge is 0.0387 e. The summed E-state index contributed by atoms with van der Waals surface area (Å²) in [5.41, 5.74) is 10.2. The second-order valence-electron chi connectivity index (χ2n) is 5.09. The molecule has 0 aromatic heterocycles. The predicted octanol–water partition coefficient (Wildman–Crippen LogP) is 2.43. The molecule has 1 aromatic rings. The molecule has 0 bridgehead atoms. The minimum Gasteiger partial charge on any atom is -0.398 e. The number of hydrogen-bond donors (Lipinski definition) is 1. The van der Waals surface area contributed by atoms with Gasteiger partial charge in [0.15, 0.2) is 0 Å². The van der Waals surface area contributed by atoms with E-state index in [0.717, 1.165) is 17.5 Å². The van der Waals surface area contributed by atoms with Crippen LogP contribution in [0.3, 0.4) is 0 Å². The van der Waals surface area contributed by atoms with Crippen LogP contribution >= 0.6 is 0 Å². The van der Waals surface area contributed by atoms with Gasteiger partial charge >= 0.3 is 0 Å². The average Bonchev–Trinajstić information content (AvgIpc) is 2.95. The van der Waals surface area contributed by atoms with E-state index in [-0.39, 0.29) is 0 Å². The number of hydrogen-bond acceptors (Lipinski definition) is 2. The predicted molar refractivity (Wildman–Crippen MR) is 64.1 cm³/mol. The zero-order valence-electron chi connectivity index (χ0n) is 9.29. The summed E-state index contributed by atoms with van der Waals surface area (Å²) in [6, 6.07) is 6.51. The minimum atomic E-state index is 0.720. The van der Waals surface area contributed by atoms with Crippen LogP contribution in [0.4, 0.5) is 11.4 Å². The summed E-state index contributed by atoms with van der Waals surface area (Å²) in [7, 11) is 0. The van der Waals surface area contributed by atoms with E-state index in [1.54, 1.807) is 0 Å². The van der Waals surface area contributed by atoms with E-state index < -0.39 is 0 Å². The zero-order chi connectivity index (χ0) is 10.5. The first-order chi connectivity index (χ1) is 7.22. The Kier molecular flexibility index (Phi) is 1.76. The first-order valence-corrected chi connectivity index (χ1v) is 5.86. The second kappa shape index (κ2) is 2.91. The summed E-state index contributed by atoms with van der Waals surface area (Å²) >= 11 is 0. The van der Waals surface area contributed by atoms with Gasteiger partial charge in [-0.05, 0) is 37.0 Å². The molecule has 3 rings (SSSR count). The Labute approximate surface area is 91.1 Å². The summed E-state index contributed by atoms with van der Waals surface area (Å²) in [6.45, 7) is 4.64. The lowest BCUT2D eigenvalue weighted by molar-refractivity contribution is 0.387. The molecule has 2 heteroatoms. The second-order valence-corrected chi connectivity index (χ2v) is 5.09. The number of benzene rings is 1. The summed E-state index contributed by atoms with van der Waals surface area (Å²) in [4.78, 5) is 2.45. The van der Waals surface area contributed by atoms with Crippen LogP contribution in [0.15, 0.2) is 18.2 Å². The standard InChI is InChI=1S/C13H18N2/c1-2-10-3-4-11(7-12(10)14)15-8-13(9-15)5-6-13/h3-4,7H,2,5-6,8-9,14H2,1H3. The van der Waals surface area contributed by atoms with Gasteiger partial charge in [0.25, 0.3) is 0 Å². The maximum atomic E-state index is 6.01. The van der Waals surface area contributed by atoms with Crippen molar-refractivity contribution < 1.29 is 0 Å². The van der Waals surface area contributed by atoms with Crippen LogP contribution in [0.25, 0.3) is 0 Å². The third kappa shape index (κ3) is 1.39. The molecule has 0 unspecified atom stereocenters. The highest BCUT2D eigenvalue weighted by Gasteiger charge is 2.52. The number of rotatable bonds is 2. The first-order valence-electron chi connectivity index (χ1n) is 5.86. The molecule has 1 aromatic carbocycles. The largest absolute Gasteiger partial charge is 0.398 e. The molecule has 2 nitrogen and oxygen atoms in total. The third-order valence-electron chi connectivity index (χ3n) is 3.89. The van der Waals surface area contributed by atoms with Crippen LogP contribution < -0.4 is 10.6 Å². The maximum absolute atomic E-state index is 6.01. The highest BCUT2D eigenvalue weighted by atomic mass is 15.2. The van der Waals surface area contributed by atoms with Gasteiger partial charge in [-0.3, -0.25) is 0 Å². The van der Waals surface area contributed by atoms with Gasteiger partial charge in [0.2, 0.25) is 0 Å². The molecule has 2 fully saturated rings. The van der Waals surface area contributed by atoms with Gasteiger partial charge in [0.1, 0.15) is 0 Å². The number of anilines is 2. The molecule has 1 heterocycles. The fraction of sp³-hybridized carbons (Fsp3) is 0.538. The fourth-order valence-corrected chi connectivity index (χ4v) is 2.54. The molecular weight excluding hydrogens is 184 g/mol. The van der Waals surface area contributed by atoms with Gasteiger partial charge in [-0.15, -0.1) is 0 Å². The van der Waals surface area contributed by atoms with E-state index in [2.05, 4.69) is 30.0 Å². The molecule has 1 saturated heterocycles. The van der Waals surface area contributed by atoms with Crippen LogP contribution in [0, 0.1) is 5.41 Å². The summed E-state index contributed by atoms with van der Waals surface area (Å²) < 4.78 is 0. The number of nitrogen functional groups attached to an aromatic ring is 1. The Balaban J connectivity index is 1.78. The van der Waals surface area contributed by atoms with Crippen LogP contribution in [0.2, 0.25) is 0 Å². The van der Waals surface area contributed by atoms with Crippen molar-refractivity contribution in [3.8, 4) is 0 Å². The lowest BCUT2D eigenvalue weighted by Gasteiger charge is -2.42. The van der Waals surface area contributed by atoms with Gasteiger partial charge in [-0.1, -0.05) is 13.0 Å².